The molecule has 2 aromatic carbocycles. The third kappa shape index (κ3) is 6.69. The van der Waals surface area contributed by atoms with Crippen LogP contribution in [0.1, 0.15) is 82.5 Å². The molecule has 0 saturated heterocycles. The van der Waals surface area contributed by atoms with Crippen LogP contribution in [0.3, 0.4) is 0 Å². The molecule has 4 bridgehead atoms. The number of rotatable bonds is 2. The highest BCUT2D eigenvalue weighted by Gasteiger charge is 2.32. The van der Waals surface area contributed by atoms with E-state index in [-0.39, 0.29) is 0 Å². The fraction of sp³-hybridized carbons (Fsp3) is 0.471. The first kappa shape index (κ1) is 27.1. The van der Waals surface area contributed by atoms with Gasteiger partial charge in [-0.25, -0.2) is 9.59 Å². The van der Waals surface area contributed by atoms with E-state index in [4.69, 9.17) is 4.74 Å². The number of carbonyl (C=O) groups excluding carboxylic acids is 2. The molecule has 0 aliphatic heterocycles. The number of hydrogen-bond acceptors (Lipinski definition) is 3. The number of esters is 2. The van der Waals surface area contributed by atoms with E-state index < -0.39 is 11.9 Å². The largest absolute Gasteiger partial charge is 0.386 e. The zero-order chi connectivity index (χ0) is 26.7. The summed E-state index contributed by atoms with van der Waals surface area (Å²) in [7, 11) is 0. The minimum absolute atomic E-state index is 0.415. The van der Waals surface area contributed by atoms with Crippen LogP contribution in [-0.2, 0) is 4.74 Å². The van der Waals surface area contributed by atoms with Gasteiger partial charge in [0.25, 0.3) is 0 Å². The molecule has 0 amide bonds. The highest BCUT2D eigenvalue weighted by molar-refractivity contribution is 6.03. The normalized spacial score (nSPS) is 27.8. The maximum atomic E-state index is 12.1. The molecule has 0 N–H and O–H groups in total. The van der Waals surface area contributed by atoms with E-state index in [0.717, 1.165) is 57.8 Å². The molecule has 2 saturated carbocycles. The molecule has 6 atom stereocenters. The van der Waals surface area contributed by atoms with Crippen LogP contribution in [-0.4, -0.2) is 11.9 Å². The Hall–Kier alpha value is -2.94. The highest BCUT2D eigenvalue weighted by atomic mass is 16.6. The Morgan fingerprint density at radius 2 is 1.03 bits per heavy atom. The Morgan fingerprint density at radius 3 is 1.27 bits per heavy atom. The summed E-state index contributed by atoms with van der Waals surface area (Å²) in [5, 5.41) is 0. The molecule has 3 heteroatoms. The molecule has 0 spiro atoms. The Kier molecular flexibility index (Phi) is 8.52. The predicted octanol–water partition coefficient (Wildman–Crippen LogP) is 8.35. The summed E-state index contributed by atoms with van der Waals surface area (Å²) in [5.74, 6) is 4.61. The summed E-state index contributed by atoms with van der Waals surface area (Å²) in [6.07, 6.45) is 15.4. The van der Waals surface area contributed by atoms with E-state index in [1.807, 2.05) is 52.0 Å². The minimum Gasteiger partial charge on any atom is -0.386 e. The van der Waals surface area contributed by atoms with Crippen LogP contribution in [0.5, 0.6) is 0 Å². The maximum absolute atomic E-state index is 12.1. The lowest BCUT2D eigenvalue weighted by Crippen LogP contribution is -2.15. The number of ether oxygens (including phenoxy) is 1. The molecular weight excluding hydrogens is 456 g/mol. The number of allylic oxidation sites excluding steroid dienone is 4. The second-order valence-electron chi connectivity index (χ2n) is 11.8. The van der Waals surface area contributed by atoms with Gasteiger partial charge in [-0.3, -0.25) is 0 Å². The molecule has 0 aromatic heterocycles. The van der Waals surface area contributed by atoms with Gasteiger partial charge in [-0.15, -0.1) is 0 Å². The minimum atomic E-state index is -0.613. The van der Waals surface area contributed by atoms with Gasteiger partial charge in [0.15, 0.2) is 0 Å². The van der Waals surface area contributed by atoms with Gasteiger partial charge in [-0.05, 0) is 112 Å². The average Bonchev–Trinajstić information content (AvgIpc) is 3.62. The SMILES string of the molecule is CC1CC2C=CC1C2.CC1CC2C=CC1C2.Cc1ccc(C(=O)OC(=O)c2ccc(C)cc2C)c(C)c1. The first-order valence-corrected chi connectivity index (χ1v) is 13.9. The molecule has 3 nitrogen and oxygen atoms in total. The standard InChI is InChI=1S/C18H18O3.2C8H12/c1-11-5-7-15(13(3)9-11)17(19)21-18(20)16-8-6-12(2)10-14(16)4;2*1-6-4-7-2-3-8(6)5-7/h5-10H,1-4H3;2*2-3,6-8H,4-5H2,1H3. The molecule has 4 aliphatic rings. The van der Waals surface area contributed by atoms with E-state index in [1.54, 1.807) is 12.1 Å². The summed E-state index contributed by atoms with van der Waals surface area (Å²) >= 11 is 0. The first-order chi connectivity index (χ1) is 17.6. The van der Waals surface area contributed by atoms with Crippen LogP contribution in [0, 0.1) is 63.2 Å². The molecule has 2 fully saturated rings. The third-order valence-corrected chi connectivity index (χ3v) is 8.61. The monoisotopic (exact) mass is 498 g/mol. The lowest BCUT2D eigenvalue weighted by atomic mass is 9.96. The Balaban J connectivity index is 0.000000160. The van der Waals surface area contributed by atoms with Gasteiger partial charge >= 0.3 is 11.9 Å². The van der Waals surface area contributed by atoms with Crippen molar-refractivity contribution in [2.24, 2.45) is 35.5 Å². The van der Waals surface area contributed by atoms with Crippen LogP contribution in [0.15, 0.2) is 60.7 Å². The van der Waals surface area contributed by atoms with Crippen LogP contribution in [0.4, 0.5) is 0 Å². The number of fused-ring (bicyclic) bond motifs is 4. The van der Waals surface area contributed by atoms with Crippen molar-refractivity contribution >= 4 is 11.9 Å². The Labute approximate surface area is 223 Å². The lowest BCUT2D eigenvalue weighted by Gasteiger charge is -2.09. The molecule has 37 heavy (non-hydrogen) atoms. The molecule has 4 aliphatic carbocycles. The van der Waals surface area contributed by atoms with Crippen molar-refractivity contribution in [3.05, 3.63) is 94.1 Å². The Morgan fingerprint density at radius 1 is 0.622 bits per heavy atom. The van der Waals surface area contributed by atoms with Gasteiger partial charge in [0.1, 0.15) is 0 Å². The van der Waals surface area contributed by atoms with Crippen molar-refractivity contribution in [3.8, 4) is 0 Å². The summed E-state index contributed by atoms with van der Waals surface area (Å²) < 4.78 is 4.99. The smallest absolute Gasteiger partial charge is 0.346 e. The van der Waals surface area contributed by atoms with Crippen molar-refractivity contribution in [3.63, 3.8) is 0 Å². The number of benzene rings is 2. The van der Waals surface area contributed by atoms with Crippen LogP contribution >= 0.6 is 0 Å². The lowest BCUT2D eigenvalue weighted by molar-refractivity contribution is 0.0397. The number of hydrogen-bond donors (Lipinski definition) is 0. The van der Waals surface area contributed by atoms with E-state index in [0.29, 0.717) is 11.1 Å². The summed E-state index contributed by atoms with van der Waals surface area (Å²) in [4.78, 5) is 24.2. The Bertz CT molecular complexity index is 1110. The van der Waals surface area contributed by atoms with E-state index in [2.05, 4.69) is 38.2 Å². The van der Waals surface area contributed by atoms with Gasteiger partial charge < -0.3 is 4.74 Å². The maximum Gasteiger partial charge on any atom is 0.346 e. The van der Waals surface area contributed by atoms with Gasteiger partial charge in [-0.1, -0.05) is 73.5 Å². The van der Waals surface area contributed by atoms with Gasteiger partial charge in [0.05, 0.1) is 11.1 Å². The molecule has 0 heterocycles. The molecule has 2 aromatic rings. The molecule has 6 unspecified atom stereocenters. The second kappa shape index (κ2) is 11.6. The van der Waals surface area contributed by atoms with E-state index in [1.165, 1.54) is 25.7 Å². The fourth-order valence-corrected chi connectivity index (χ4v) is 6.39. The molecular formula is C34H42O3. The van der Waals surface area contributed by atoms with Crippen molar-refractivity contribution in [2.75, 3.05) is 0 Å². The number of aryl methyl sites for hydroxylation is 4. The molecule has 196 valence electrons. The molecule has 0 radical (unpaired) electrons. The fourth-order valence-electron chi connectivity index (χ4n) is 6.39. The zero-order valence-electron chi connectivity index (χ0n) is 23.3. The van der Waals surface area contributed by atoms with Crippen LogP contribution in [0.2, 0.25) is 0 Å². The first-order valence-electron chi connectivity index (χ1n) is 13.9. The highest BCUT2D eigenvalue weighted by Crippen LogP contribution is 2.43. The quantitative estimate of drug-likeness (QED) is 0.237. The van der Waals surface area contributed by atoms with Gasteiger partial charge in [0.2, 0.25) is 0 Å². The van der Waals surface area contributed by atoms with Crippen molar-refractivity contribution < 1.29 is 14.3 Å². The van der Waals surface area contributed by atoms with Crippen LogP contribution in [0.25, 0.3) is 0 Å². The zero-order valence-corrected chi connectivity index (χ0v) is 23.3. The third-order valence-electron chi connectivity index (χ3n) is 8.61. The number of carbonyl (C=O) groups is 2. The van der Waals surface area contributed by atoms with Crippen LogP contribution < -0.4 is 0 Å². The summed E-state index contributed by atoms with van der Waals surface area (Å²) in [6.45, 7) is 12.3. The summed E-state index contributed by atoms with van der Waals surface area (Å²) in [6, 6.07) is 10.8. The molecule has 6 rings (SSSR count). The second-order valence-corrected chi connectivity index (χ2v) is 11.8. The van der Waals surface area contributed by atoms with Crippen molar-refractivity contribution in [1.82, 2.24) is 0 Å². The van der Waals surface area contributed by atoms with Crippen molar-refractivity contribution in [1.29, 1.82) is 0 Å². The van der Waals surface area contributed by atoms with Gasteiger partial charge in [-0.2, -0.15) is 0 Å². The van der Waals surface area contributed by atoms with E-state index in [9.17, 15) is 9.59 Å². The topological polar surface area (TPSA) is 43.4 Å². The average molecular weight is 499 g/mol. The van der Waals surface area contributed by atoms with E-state index >= 15 is 0 Å². The summed E-state index contributed by atoms with van der Waals surface area (Å²) in [5.41, 5.74) is 4.55. The van der Waals surface area contributed by atoms with Crippen molar-refractivity contribution in [2.45, 2.75) is 67.2 Å². The predicted molar refractivity (Wildman–Crippen MR) is 151 cm³/mol. The van der Waals surface area contributed by atoms with Gasteiger partial charge in [0, 0.05) is 0 Å².